The molecule has 138 valence electrons. The van der Waals surface area contributed by atoms with Crippen LogP contribution in [0, 0.1) is 0 Å². The second-order valence-corrected chi connectivity index (χ2v) is 7.04. The number of phenols is 2. The Balaban J connectivity index is 1.57. The highest BCUT2D eigenvalue weighted by Gasteiger charge is 2.28. The summed E-state index contributed by atoms with van der Waals surface area (Å²) in [6.45, 7) is 0. The number of hydrogen-bond acceptors (Lipinski definition) is 4. The standard InChI is InChI=1S/C21H25NO4/c23-17-10-11-18(20(24)13-17)15-6-8-16(9-7-15)22-19(21(25)26)12-14-4-2-1-3-5-14/h1-5,10-11,13,15-16,19,22-24H,6-9,12H2,(H,25,26). The van der Waals surface area contributed by atoms with Crippen molar-refractivity contribution in [2.24, 2.45) is 0 Å². The Hall–Kier alpha value is -2.53. The van der Waals surface area contributed by atoms with Gasteiger partial charge in [0.2, 0.25) is 0 Å². The van der Waals surface area contributed by atoms with E-state index in [1.54, 1.807) is 12.1 Å². The summed E-state index contributed by atoms with van der Waals surface area (Å²) in [5.41, 5.74) is 1.87. The third-order valence-corrected chi connectivity index (χ3v) is 5.20. The first-order chi connectivity index (χ1) is 12.5. The van der Waals surface area contributed by atoms with Crippen LogP contribution in [0.4, 0.5) is 0 Å². The van der Waals surface area contributed by atoms with Gasteiger partial charge in [0.15, 0.2) is 0 Å². The van der Waals surface area contributed by atoms with Gasteiger partial charge in [-0.25, -0.2) is 0 Å². The van der Waals surface area contributed by atoms with Crippen LogP contribution >= 0.6 is 0 Å². The first kappa shape index (κ1) is 18.3. The Bertz CT molecular complexity index is 739. The average molecular weight is 355 g/mol. The van der Waals surface area contributed by atoms with Crippen LogP contribution in [0.25, 0.3) is 0 Å². The highest BCUT2D eigenvalue weighted by molar-refractivity contribution is 5.74. The quantitative estimate of drug-likeness (QED) is 0.638. The van der Waals surface area contributed by atoms with Gasteiger partial charge in [-0.1, -0.05) is 36.4 Å². The van der Waals surface area contributed by atoms with Gasteiger partial charge in [0, 0.05) is 12.1 Å². The van der Waals surface area contributed by atoms with E-state index in [4.69, 9.17) is 0 Å². The van der Waals surface area contributed by atoms with Gasteiger partial charge in [-0.2, -0.15) is 0 Å². The predicted octanol–water partition coefficient (Wildman–Crippen LogP) is 3.41. The zero-order valence-corrected chi connectivity index (χ0v) is 14.6. The maximum atomic E-state index is 11.6. The Morgan fingerprint density at radius 3 is 2.35 bits per heavy atom. The largest absolute Gasteiger partial charge is 0.508 e. The fourth-order valence-electron chi connectivity index (χ4n) is 3.80. The maximum Gasteiger partial charge on any atom is 0.321 e. The third kappa shape index (κ3) is 4.55. The molecule has 0 saturated heterocycles. The van der Waals surface area contributed by atoms with Crippen molar-refractivity contribution in [1.29, 1.82) is 0 Å². The molecule has 1 unspecified atom stereocenters. The van der Waals surface area contributed by atoms with Gasteiger partial charge in [0.25, 0.3) is 0 Å². The minimum Gasteiger partial charge on any atom is -0.508 e. The van der Waals surface area contributed by atoms with Gasteiger partial charge < -0.3 is 20.6 Å². The molecule has 5 nitrogen and oxygen atoms in total. The molecule has 1 aliphatic rings. The number of carboxylic acid groups (broad SMARTS) is 1. The number of rotatable bonds is 6. The molecule has 1 saturated carbocycles. The van der Waals surface area contributed by atoms with Gasteiger partial charge in [-0.15, -0.1) is 0 Å². The van der Waals surface area contributed by atoms with Crippen LogP contribution in [0.2, 0.25) is 0 Å². The molecule has 0 aromatic heterocycles. The topological polar surface area (TPSA) is 89.8 Å². The Morgan fingerprint density at radius 1 is 1.04 bits per heavy atom. The van der Waals surface area contributed by atoms with E-state index in [0.717, 1.165) is 36.8 Å². The number of carbonyl (C=O) groups is 1. The average Bonchev–Trinajstić information content (AvgIpc) is 2.63. The summed E-state index contributed by atoms with van der Waals surface area (Å²) in [6, 6.07) is 14.0. The van der Waals surface area contributed by atoms with Crippen molar-refractivity contribution < 1.29 is 20.1 Å². The fourth-order valence-corrected chi connectivity index (χ4v) is 3.80. The highest BCUT2D eigenvalue weighted by atomic mass is 16.4. The van der Waals surface area contributed by atoms with Gasteiger partial charge >= 0.3 is 5.97 Å². The van der Waals surface area contributed by atoms with Crippen molar-refractivity contribution >= 4 is 5.97 Å². The van der Waals surface area contributed by atoms with Crippen LogP contribution in [0.1, 0.15) is 42.7 Å². The normalized spacial score (nSPS) is 21.2. The molecular weight excluding hydrogens is 330 g/mol. The summed E-state index contributed by atoms with van der Waals surface area (Å²) >= 11 is 0. The minimum atomic E-state index is -0.827. The van der Waals surface area contributed by atoms with Crippen molar-refractivity contribution in [3.05, 3.63) is 59.7 Å². The molecule has 0 aliphatic heterocycles. The van der Waals surface area contributed by atoms with Crippen LogP contribution in [0.15, 0.2) is 48.5 Å². The molecule has 1 fully saturated rings. The molecule has 26 heavy (non-hydrogen) atoms. The van der Waals surface area contributed by atoms with Crippen LogP contribution in [-0.2, 0) is 11.2 Å². The second-order valence-electron chi connectivity index (χ2n) is 7.04. The van der Waals surface area contributed by atoms with Crippen molar-refractivity contribution in [3.63, 3.8) is 0 Å². The summed E-state index contributed by atoms with van der Waals surface area (Å²) in [6.07, 6.45) is 3.96. The lowest BCUT2D eigenvalue weighted by Crippen LogP contribution is -2.45. The Morgan fingerprint density at radius 2 is 1.73 bits per heavy atom. The molecule has 1 aliphatic carbocycles. The number of benzene rings is 2. The number of carboxylic acids is 1. The van der Waals surface area contributed by atoms with Crippen molar-refractivity contribution in [1.82, 2.24) is 5.32 Å². The highest BCUT2D eigenvalue weighted by Crippen LogP contribution is 2.38. The summed E-state index contributed by atoms with van der Waals surface area (Å²) < 4.78 is 0. The summed E-state index contributed by atoms with van der Waals surface area (Å²) in [4.78, 5) is 11.6. The van der Waals surface area contributed by atoms with Crippen LogP contribution in [0.3, 0.4) is 0 Å². The van der Waals surface area contributed by atoms with E-state index < -0.39 is 12.0 Å². The summed E-state index contributed by atoms with van der Waals surface area (Å²) in [5, 5.41) is 32.3. The molecule has 0 spiro atoms. The number of aromatic hydroxyl groups is 2. The fraction of sp³-hybridized carbons (Fsp3) is 0.381. The van der Waals surface area contributed by atoms with Crippen molar-refractivity contribution in [3.8, 4) is 11.5 Å². The monoisotopic (exact) mass is 355 g/mol. The summed E-state index contributed by atoms with van der Waals surface area (Å²) in [7, 11) is 0. The lowest BCUT2D eigenvalue weighted by Gasteiger charge is -2.31. The lowest BCUT2D eigenvalue weighted by molar-refractivity contribution is -0.139. The van der Waals surface area contributed by atoms with E-state index in [1.807, 2.05) is 30.3 Å². The second kappa shape index (κ2) is 8.23. The maximum absolute atomic E-state index is 11.6. The SMILES string of the molecule is O=C(O)C(Cc1ccccc1)NC1CCC(c2ccc(O)cc2O)CC1. The minimum absolute atomic E-state index is 0.0619. The van der Waals surface area contributed by atoms with Gasteiger partial charge in [-0.05, 0) is 55.2 Å². The summed E-state index contributed by atoms with van der Waals surface area (Å²) in [5.74, 6) is -0.390. The van der Waals surface area contributed by atoms with Gasteiger partial charge in [-0.3, -0.25) is 4.79 Å². The molecule has 0 bridgehead atoms. The molecule has 0 radical (unpaired) electrons. The Kier molecular flexibility index (Phi) is 5.78. The molecule has 3 rings (SSSR count). The van der Waals surface area contributed by atoms with Gasteiger partial charge in [0.05, 0.1) is 0 Å². The van der Waals surface area contributed by atoms with Crippen LogP contribution < -0.4 is 5.32 Å². The molecular formula is C21H25NO4. The molecule has 2 aromatic rings. The first-order valence-corrected chi connectivity index (χ1v) is 9.07. The number of nitrogens with one attached hydrogen (secondary N) is 1. The molecule has 1 atom stereocenters. The van der Waals surface area contributed by atoms with E-state index in [0.29, 0.717) is 6.42 Å². The third-order valence-electron chi connectivity index (χ3n) is 5.20. The molecule has 0 heterocycles. The van der Waals surface area contributed by atoms with Crippen LogP contribution in [0.5, 0.6) is 11.5 Å². The molecule has 4 N–H and O–H groups in total. The number of hydrogen-bond donors (Lipinski definition) is 4. The first-order valence-electron chi connectivity index (χ1n) is 9.07. The van der Waals surface area contributed by atoms with E-state index in [2.05, 4.69) is 5.32 Å². The van der Waals surface area contributed by atoms with Crippen LogP contribution in [-0.4, -0.2) is 33.4 Å². The zero-order valence-electron chi connectivity index (χ0n) is 14.6. The Labute approximate surface area is 153 Å². The van der Waals surface area contributed by atoms with E-state index in [1.165, 1.54) is 6.07 Å². The number of phenolic OH excluding ortho intramolecular Hbond substituents is 2. The number of aliphatic carboxylic acids is 1. The zero-order chi connectivity index (χ0) is 18.5. The van der Waals surface area contributed by atoms with E-state index in [9.17, 15) is 20.1 Å². The van der Waals surface area contributed by atoms with Crippen molar-refractivity contribution in [2.75, 3.05) is 0 Å². The molecule has 5 heteroatoms. The smallest absolute Gasteiger partial charge is 0.321 e. The lowest BCUT2D eigenvalue weighted by atomic mass is 9.81. The van der Waals surface area contributed by atoms with E-state index >= 15 is 0 Å². The molecule has 0 amide bonds. The molecule has 2 aromatic carbocycles. The predicted molar refractivity (Wildman–Crippen MR) is 99.5 cm³/mol. The van der Waals surface area contributed by atoms with Gasteiger partial charge in [0.1, 0.15) is 17.5 Å². The van der Waals surface area contributed by atoms with E-state index in [-0.39, 0.29) is 23.5 Å². The van der Waals surface area contributed by atoms with Crippen molar-refractivity contribution in [2.45, 2.75) is 50.1 Å².